The largest absolute Gasteiger partial charge is 0.378 e. The second-order valence-electron chi connectivity index (χ2n) is 7.48. The molecule has 2 aromatic rings. The average molecular weight is 371 g/mol. The molecular weight excluding hydrogens is 342 g/mol. The van der Waals surface area contributed by atoms with E-state index in [0.717, 1.165) is 63.4 Å². The molecule has 2 aromatic heterocycles. The number of nitrogens with one attached hydrogen (secondary N) is 1. The fourth-order valence-electron chi connectivity index (χ4n) is 3.91. The number of likely N-dealkylation sites (N-methyl/N-ethyl adjacent to an activating group) is 1. The summed E-state index contributed by atoms with van der Waals surface area (Å²) in [6, 6.07) is 2.42. The Balaban J connectivity index is 1.42. The molecule has 8 heteroatoms. The van der Waals surface area contributed by atoms with Crippen LogP contribution in [0.1, 0.15) is 24.1 Å². The van der Waals surface area contributed by atoms with Crippen LogP contribution in [0, 0.1) is 6.92 Å². The number of ether oxygens (including phenoxy) is 1. The van der Waals surface area contributed by atoms with Gasteiger partial charge in [0, 0.05) is 56.7 Å². The van der Waals surface area contributed by atoms with Gasteiger partial charge in [-0.2, -0.15) is 10.1 Å². The van der Waals surface area contributed by atoms with Crippen molar-refractivity contribution in [3.8, 4) is 0 Å². The Morgan fingerprint density at radius 3 is 2.93 bits per heavy atom. The molecule has 0 aliphatic carbocycles. The van der Waals surface area contributed by atoms with E-state index in [-0.39, 0.29) is 0 Å². The van der Waals surface area contributed by atoms with Gasteiger partial charge >= 0.3 is 0 Å². The number of hydrogen-bond acceptors (Lipinski definition) is 7. The van der Waals surface area contributed by atoms with Crippen molar-refractivity contribution in [2.45, 2.75) is 32.4 Å². The highest BCUT2D eigenvalue weighted by Gasteiger charge is 2.26. The van der Waals surface area contributed by atoms with E-state index in [1.165, 1.54) is 18.4 Å². The number of aryl methyl sites for hydroxylation is 1. The summed E-state index contributed by atoms with van der Waals surface area (Å²) in [4.78, 5) is 16.4. The Hall–Kier alpha value is -2.19. The van der Waals surface area contributed by atoms with Crippen molar-refractivity contribution in [1.29, 1.82) is 0 Å². The third kappa shape index (κ3) is 4.22. The molecule has 0 amide bonds. The highest BCUT2D eigenvalue weighted by molar-refractivity contribution is 5.44. The number of nitrogens with zero attached hydrogens (tertiary/aromatic N) is 6. The van der Waals surface area contributed by atoms with Crippen molar-refractivity contribution < 1.29 is 4.74 Å². The number of piperidine rings is 1. The van der Waals surface area contributed by atoms with Gasteiger partial charge in [0.15, 0.2) is 0 Å². The van der Waals surface area contributed by atoms with Gasteiger partial charge in [0.25, 0.3) is 0 Å². The first kappa shape index (κ1) is 18.2. The summed E-state index contributed by atoms with van der Waals surface area (Å²) in [5.74, 6) is 1.81. The Morgan fingerprint density at radius 1 is 1.30 bits per heavy atom. The van der Waals surface area contributed by atoms with Crippen LogP contribution in [0.25, 0.3) is 0 Å². The third-order valence-corrected chi connectivity index (χ3v) is 5.64. The molecule has 0 aromatic carbocycles. The number of likely N-dealkylation sites (tertiary alicyclic amines) is 1. The summed E-state index contributed by atoms with van der Waals surface area (Å²) in [6.45, 7) is 8.49. The molecule has 4 heterocycles. The van der Waals surface area contributed by atoms with Crippen LogP contribution in [0.3, 0.4) is 0 Å². The van der Waals surface area contributed by atoms with Crippen molar-refractivity contribution in [1.82, 2.24) is 25.1 Å². The van der Waals surface area contributed by atoms with Crippen LogP contribution < -0.4 is 9.80 Å². The van der Waals surface area contributed by atoms with Crippen LogP contribution in [-0.2, 0) is 11.3 Å². The minimum absolute atomic E-state index is 0.422. The second kappa shape index (κ2) is 8.22. The summed E-state index contributed by atoms with van der Waals surface area (Å²) < 4.78 is 5.45. The first-order chi connectivity index (χ1) is 13.2. The normalized spacial score (nSPS) is 21.4. The fourth-order valence-corrected chi connectivity index (χ4v) is 3.91. The molecule has 0 saturated carbocycles. The van der Waals surface area contributed by atoms with Gasteiger partial charge in [0.1, 0.15) is 5.82 Å². The lowest BCUT2D eigenvalue weighted by atomic mass is 10.0. The van der Waals surface area contributed by atoms with Gasteiger partial charge in [-0.15, -0.1) is 0 Å². The van der Waals surface area contributed by atoms with Crippen LogP contribution in [-0.4, -0.2) is 77.5 Å². The zero-order valence-corrected chi connectivity index (χ0v) is 16.3. The summed E-state index contributed by atoms with van der Waals surface area (Å²) in [5, 5.41) is 7.18. The van der Waals surface area contributed by atoms with E-state index >= 15 is 0 Å². The minimum Gasteiger partial charge on any atom is -0.378 e. The smallest absolute Gasteiger partial charge is 0.227 e. The topological polar surface area (TPSA) is 73.4 Å². The number of anilines is 2. The highest BCUT2D eigenvalue weighted by atomic mass is 16.5. The second-order valence-corrected chi connectivity index (χ2v) is 7.48. The molecule has 1 N–H and O–H groups in total. The number of morpholine rings is 1. The van der Waals surface area contributed by atoms with E-state index in [1.807, 2.05) is 18.5 Å². The third-order valence-electron chi connectivity index (χ3n) is 5.64. The van der Waals surface area contributed by atoms with Crippen molar-refractivity contribution in [2.75, 3.05) is 56.2 Å². The molecule has 0 radical (unpaired) electrons. The van der Waals surface area contributed by atoms with Crippen molar-refractivity contribution in [3.05, 3.63) is 29.7 Å². The molecule has 1 unspecified atom stereocenters. The lowest BCUT2D eigenvalue weighted by Gasteiger charge is -2.38. The van der Waals surface area contributed by atoms with Crippen molar-refractivity contribution in [2.24, 2.45) is 0 Å². The van der Waals surface area contributed by atoms with E-state index < -0.39 is 0 Å². The molecule has 2 fully saturated rings. The molecule has 4 rings (SSSR count). The Labute approximate surface area is 160 Å². The molecule has 27 heavy (non-hydrogen) atoms. The first-order valence-corrected chi connectivity index (χ1v) is 9.80. The first-order valence-electron chi connectivity index (χ1n) is 9.80. The zero-order chi connectivity index (χ0) is 18.6. The van der Waals surface area contributed by atoms with Crippen molar-refractivity contribution >= 4 is 11.8 Å². The molecule has 2 saturated heterocycles. The van der Waals surface area contributed by atoms with E-state index in [9.17, 15) is 0 Å². The summed E-state index contributed by atoms with van der Waals surface area (Å²) in [6.07, 6.45) is 6.17. The average Bonchev–Trinajstić information content (AvgIpc) is 3.13. The monoisotopic (exact) mass is 371 g/mol. The number of rotatable bonds is 5. The van der Waals surface area contributed by atoms with E-state index in [2.05, 4.69) is 43.9 Å². The Bertz CT molecular complexity index is 743. The summed E-state index contributed by atoms with van der Waals surface area (Å²) in [7, 11) is 2.12. The number of aromatic amines is 1. The Morgan fingerprint density at radius 2 is 2.15 bits per heavy atom. The lowest BCUT2D eigenvalue weighted by Crippen LogP contribution is -2.47. The molecular formula is C19H29N7O. The van der Waals surface area contributed by atoms with Crippen LogP contribution >= 0.6 is 0 Å². The zero-order valence-electron chi connectivity index (χ0n) is 16.3. The maximum Gasteiger partial charge on any atom is 0.227 e. The molecule has 0 bridgehead atoms. The predicted molar refractivity (Wildman–Crippen MR) is 105 cm³/mol. The van der Waals surface area contributed by atoms with E-state index in [0.29, 0.717) is 6.04 Å². The van der Waals surface area contributed by atoms with Gasteiger partial charge in [0.05, 0.1) is 19.4 Å². The van der Waals surface area contributed by atoms with Crippen LogP contribution in [0.5, 0.6) is 0 Å². The standard InChI is InChI=1S/C19H29N7O/c1-15-16(12-21-23-15)13-25-7-3-4-17(14-25)24(2)19-20-6-5-18(22-19)26-8-10-27-11-9-26/h5-6,12,17H,3-4,7-11,13-14H2,1-2H3,(H,21,23). The summed E-state index contributed by atoms with van der Waals surface area (Å²) in [5.41, 5.74) is 2.44. The van der Waals surface area contributed by atoms with E-state index in [4.69, 9.17) is 9.72 Å². The molecule has 2 aliphatic heterocycles. The number of hydrogen-bond donors (Lipinski definition) is 1. The molecule has 1 atom stereocenters. The molecule has 8 nitrogen and oxygen atoms in total. The van der Waals surface area contributed by atoms with Gasteiger partial charge in [-0.3, -0.25) is 10.00 Å². The highest BCUT2D eigenvalue weighted by Crippen LogP contribution is 2.22. The van der Waals surface area contributed by atoms with Gasteiger partial charge in [0.2, 0.25) is 5.95 Å². The fraction of sp³-hybridized carbons (Fsp3) is 0.632. The molecule has 0 spiro atoms. The maximum atomic E-state index is 5.45. The van der Waals surface area contributed by atoms with Crippen LogP contribution in [0.15, 0.2) is 18.5 Å². The Kier molecular flexibility index (Phi) is 5.54. The van der Waals surface area contributed by atoms with Crippen molar-refractivity contribution in [3.63, 3.8) is 0 Å². The molecule has 2 aliphatic rings. The van der Waals surface area contributed by atoms with Gasteiger partial charge in [-0.05, 0) is 32.4 Å². The lowest BCUT2D eigenvalue weighted by molar-refractivity contribution is 0.122. The minimum atomic E-state index is 0.422. The quantitative estimate of drug-likeness (QED) is 0.853. The van der Waals surface area contributed by atoms with Gasteiger partial charge in [-0.25, -0.2) is 4.98 Å². The molecule has 146 valence electrons. The predicted octanol–water partition coefficient (Wildman–Crippen LogP) is 1.45. The van der Waals surface area contributed by atoms with Crippen LogP contribution in [0.2, 0.25) is 0 Å². The number of H-pyrrole nitrogens is 1. The maximum absolute atomic E-state index is 5.45. The van der Waals surface area contributed by atoms with Crippen LogP contribution in [0.4, 0.5) is 11.8 Å². The SMILES string of the molecule is Cc1[nH]ncc1CN1CCCC(N(C)c2nccc(N3CCOCC3)n2)C1. The summed E-state index contributed by atoms with van der Waals surface area (Å²) >= 11 is 0. The van der Waals surface area contributed by atoms with E-state index in [1.54, 1.807) is 0 Å². The van der Waals surface area contributed by atoms with Gasteiger partial charge in [-0.1, -0.05) is 0 Å². The number of aromatic nitrogens is 4. The van der Waals surface area contributed by atoms with Gasteiger partial charge < -0.3 is 14.5 Å².